The number of unbranched alkanes of at least 4 members (excludes halogenated alkanes) is 17. The molecular formula is C51H78N3O2+. The van der Waals surface area contributed by atoms with Gasteiger partial charge in [-0.3, -0.25) is 4.79 Å². The summed E-state index contributed by atoms with van der Waals surface area (Å²) in [4.78, 5) is 19.2. The summed E-state index contributed by atoms with van der Waals surface area (Å²) in [6.07, 6.45) is 25.0. The van der Waals surface area contributed by atoms with E-state index in [0.717, 1.165) is 115 Å². The van der Waals surface area contributed by atoms with Gasteiger partial charge in [-0.1, -0.05) is 141 Å². The molecule has 1 aliphatic heterocycles. The Balaban J connectivity index is 1.49. The van der Waals surface area contributed by atoms with Crippen molar-refractivity contribution >= 4 is 22.6 Å². The number of anilines is 1. The van der Waals surface area contributed by atoms with E-state index < -0.39 is 0 Å². The molecule has 1 amide bonds. The van der Waals surface area contributed by atoms with Crippen LogP contribution in [0.1, 0.15) is 174 Å². The molecule has 0 saturated heterocycles. The molecule has 56 heavy (non-hydrogen) atoms. The van der Waals surface area contributed by atoms with Crippen molar-refractivity contribution in [2.45, 2.75) is 164 Å². The number of carbonyl (C=O) groups excluding carboxylic acids is 1. The van der Waals surface area contributed by atoms with Crippen LogP contribution >= 0.6 is 0 Å². The molecule has 0 unspecified atom stereocenters. The molecule has 5 heteroatoms. The molecule has 0 bridgehead atoms. The van der Waals surface area contributed by atoms with Gasteiger partial charge in [0.2, 0.25) is 5.36 Å². The van der Waals surface area contributed by atoms with Crippen molar-refractivity contribution in [1.82, 2.24) is 9.48 Å². The van der Waals surface area contributed by atoms with Crippen LogP contribution in [0.3, 0.4) is 0 Å². The molecule has 0 fully saturated rings. The van der Waals surface area contributed by atoms with Gasteiger partial charge in [0.25, 0.3) is 5.91 Å². The summed E-state index contributed by atoms with van der Waals surface area (Å²) in [5, 5.41) is 2.20. The van der Waals surface area contributed by atoms with Gasteiger partial charge in [0, 0.05) is 66.1 Å². The molecule has 0 atom stereocenters. The lowest BCUT2D eigenvalue weighted by molar-refractivity contribution is 0.0750. The first-order valence-electron chi connectivity index (χ1n) is 23.2. The molecule has 2 aromatic carbocycles. The normalized spacial score (nSPS) is 11.5. The Labute approximate surface area is 341 Å². The van der Waals surface area contributed by atoms with Crippen molar-refractivity contribution in [3.05, 3.63) is 71.6 Å². The molecular weight excluding hydrogens is 687 g/mol. The van der Waals surface area contributed by atoms with Crippen LogP contribution in [0.2, 0.25) is 0 Å². The summed E-state index contributed by atoms with van der Waals surface area (Å²) in [7, 11) is 0. The third-order valence-electron chi connectivity index (χ3n) is 12.0. The summed E-state index contributed by atoms with van der Waals surface area (Å²) in [6, 6.07) is 21.5. The number of amides is 1. The quantitative estimate of drug-likeness (QED) is 0.0328. The van der Waals surface area contributed by atoms with Crippen LogP contribution in [0.25, 0.3) is 33.4 Å². The van der Waals surface area contributed by atoms with E-state index in [9.17, 15) is 4.79 Å². The third-order valence-corrected chi connectivity index (χ3v) is 12.0. The average molecular weight is 765 g/mol. The van der Waals surface area contributed by atoms with Crippen molar-refractivity contribution in [2.75, 3.05) is 44.2 Å². The lowest BCUT2D eigenvalue weighted by atomic mass is 9.90. The fourth-order valence-corrected chi connectivity index (χ4v) is 8.50. The van der Waals surface area contributed by atoms with E-state index >= 15 is 0 Å². The SMILES string of the molecule is CCCCCCCCCCCCCCCCCCN(CCCCC)C(=O)c1ccccc1-c1c2ccc(=[N+](CC)CC)cc-2oc2cc(N(CC)CC)ccc12. The predicted octanol–water partition coefficient (Wildman–Crippen LogP) is 13.8. The van der Waals surface area contributed by atoms with Crippen LogP contribution in [-0.2, 0) is 0 Å². The number of hydrogen-bond acceptors (Lipinski definition) is 3. The average Bonchev–Trinajstić information content (AvgIpc) is 3.22. The van der Waals surface area contributed by atoms with Gasteiger partial charge in [-0.15, -0.1) is 0 Å². The maximum atomic E-state index is 14.7. The zero-order chi connectivity index (χ0) is 40.0. The molecule has 1 heterocycles. The van der Waals surface area contributed by atoms with Crippen LogP contribution in [0.4, 0.5) is 5.69 Å². The first-order chi connectivity index (χ1) is 27.5. The Morgan fingerprint density at radius 3 is 1.68 bits per heavy atom. The molecule has 308 valence electrons. The van der Waals surface area contributed by atoms with E-state index in [2.05, 4.69) is 111 Å². The van der Waals surface area contributed by atoms with E-state index in [4.69, 9.17) is 4.42 Å². The molecule has 0 radical (unpaired) electrons. The maximum Gasteiger partial charge on any atom is 0.254 e. The Morgan fingerprint density at radius 2 is 1.11 bits per heavy atom. The molecule has 0 spiro atoms. The fraction of sp³-hybridized carbons (Fsp3) is 0.608. The van der Waals surface area contributed by atoms with Gasteiger partial charge in [-0.05, 0) is 70.4 Å². The minimum absolute atomic E-state index is 0.152. The fourth-order valence-electron chi connectivity index (χ4n) is 8.50. The molecule has 2 aromatic rings. The van der Waals surface area contributed by atoms with E-state index in [1.165, 1.54) is 96.3 Å². The van der Waals surface area contributed by atoms with Gasteiger partial charge in [0.15, 0.2) is 0 Å². The minimum Gasteiger partial charge on any atom is -0.456 e. The van der Waals surface area contributed by atoms with Gasteiger partial charge < -0.3 is 14.2 Å². The van der Waals surface area contributed by atoms with Crippen LogP contribution < -0.4 is 14.8 Å². The van der Waals surface area contributed by atoms with E-state index in [-0.39, 0.29) is 5.91 Å². The molecule has 5 nitrogen and oxygen atoms in total. The smallest absolute Gasteiger partial charge is 0.254 e. The summed E-state index contributed by atoms with van der Waals surface area (Å²) in [6.45, 7) is 18.7. The lowest BCUT2D eigenvalue weighted by Crippen LogP contribution is -2.33. The number of nitrogens with zero attached hydrogens (tertiary/aromatic N) is 3. The molecule has 4 rings (SSSR count). The van der Waals surface area contributed by atoms with Gasteiger partial charge in [0.1, 0.15) is 24.4 Å². The first kappa shape index (κ1) is 45.1. The Hall–Kier alpha value is -3.60. The van der Waals surface area contributed by atoms with E-state index in [1.807, 2.05) is 6.07 Å². The Morgan fingerprint density at radius 1 is 0.571 bits per heavy atom. The van der Waals surface area contributed by atoms with E-state index in [1.54, 1.807) is 0 Å². The summed E-state index contributed by atoms with van der Waals surface area (Å²) >= 11 is 0. The highest BCUT2D eigenvalue weighted by atomic mass is 16.3. The number of hydrogen-bond donors (Lipinski definition) is 0. The lowest BCUT2D eigenvalue weighted by Gasteiger charge is -2.25. The standard InChI is InChI=1S/C51H78N3O2/c1-7-13-15-16-17-18-19-20-21-22-23-24-25-26-27-31-39-54(38-30-14-8-2)51(55)45-33-29-28-32-44(45)50-46-36-34-42(52(9-3)10-4)40-48(46)56-49-41-43(35-37-47(49)50)53(11-5)12-6/h28-29,32-37,40-41H,7-27,30-31,38-39H2,1-6H3/q+1. The highest BCUT2D eigenvalue weighted by molar-refractivity contribution is 6.09. The summed E-state index contributed by atoms with van der Waals surface area (Å²) in [5.41, 5.74) is 5.90. The van der Waals surface area contributed by atoms with E-state index in [0.29, 0.717) is 0 Å². The second kappa shape index (κ2) is 25.6. The maximum absolute atomic E-state index is 14.7. The van der Waals surface area contributed by atoms with Crippen molar-refractivity contribution in [3.8, 4) is 22.5 Å². The van der Waals surface area contributed by atoms with Crippen LogP contribution in [0.15, 0.2) is 65.1 Å². The molecule has 0 saturated carbocycles. The van der Waals surface area contributed by atoms with Crippen molar-refractivity contribution in [1.29, 1.82) is 0 Å². The van der Waals surface area contributed by atoms with Crippen LogP contribution in [0.5, 0.6) is 0 Å². The zero-order valence-electron chi connectivity index (χ0n) is 36.6. The molecule has 2 aliphatic rings. The second-order valence-corrected chi connectivity index (χ2v) is 16.0. The minimum atomic E-state index is 0.152. The number of rotatable bonds is 28. The van der Waals surface area contributed by atoms with Crippen LogP contribution in [-0.4, -0.2) is 50.1 Å². The number of carbonyl (C=O) groups is 1. The van der Waals surface area contributed by atoms with Gasteiger partial charge >= 0.3 is 0 Å². The monoisotopic (exact) mass is 765 g/mol. The largest absolute Gasteiger partial charge is 0.456 e. The second-order valence-electron chi connectivity index (χ2n) is 16.0. The highest BCUT2D eigenvalue weighted by Crippen LogP contribution is 2.42. The Bertz CT molecular complexity index is 1750. The number of fused-ring (bicyclic) bond motifs is 2. The summed E-state index contributed by atoms with van der Waals surface area (Å²) in [5.74, 6) is 1.00. The molecule has 0 aromatic heterocycles. The zero-order valence-corrected chi connectivity index (χ0v) is 36.6. The molecule has 1 aliphatic carbocycles. The van der Waals surface area contributed by atoms with Crippen molar-refractivity contribution in [3.63, 3.8) is 0 Å². The van der Waals surface area contributed by atoms with Crippen LogP contribution in [0, 0.1) is 0 Å². The van der Waals surface area contributed by atoms with Gasteiger partial charge in [-0.25, -0.2) is 4.58 Å². The van der Waals surface area contributed by atoms with Crippen molar-refractivity contribution in [2.24, 2.45) is 0 Å². The first-order valence-corrected chi connectivity index (χ1v) is 23.2. The number of benzene rings is 3. The predicted molar refractivity (Wildman–Crippen MR) is 243 cm³/mol. The summed E-state index contributed by atoms with van der Waals surface area (Å²) < 4.78 is 9.13. The third kappa shape index (κ3) is 13.2. The highest BCUT2D eigenvalue weighted by Gasteiger charge is 2.25. The molecule has 0 N–H and O–H groups in total. The van der Waals surface area contributed by atoms with Gasteiger partial charge in [0.05, 0.1) is 6.07 Å². The Kier molecular flexibility index (Phi) is 20.6. The topological polar surface area (TPSA) is 39.7 Å². The van der Waals surface area contributed by atoms with Gasteiger partial charge in [-0.2, -0.15) is 0 Å². The van der Waals surface area contributed by atoms with Crippen molar-refractivity contribution < 1.29 is 9.21 Å².